The minimum absolute atomic E-state index is 0.236. The van der Waals surface area contributed by atoms with Crippen LogP contribution in [0.2, 0.25) is 0 Å². The number of aromatic nitrogens is 2. The zero-order valence-corrected chi connectivity index (χ0v) is 11.1. The zero-order chi connectivity index (χ0) is 14.9. The van der Waals surface area contributed by atoms with Crippen LogP contribution in [0.15, 0.2) is 29.1 Å². The number of carboxylic acid groups (broad SMARTS) is 1. The average Bonchev–Trinajstić information content (AvgIpc) is 2.34. The molecule has 2 rings (SSSR count). The van der Waals surface area contributed by atoms with Gasteiger partial charge in [-0.2, -0.15) is 4.98 Å². The predicted molar refractivity (Wildman–Crippen MR) is 70.6 cm³/mol. The van der Waals surface area contributed by atoms with Gasteiger partial charge in [0.05, 0.1) is 12.1 Å². The molecule has 6 heteroatoms. The van der Waals surface area contributed by atoms with E-state index in [1.54, 1.807) is 19.9 Å². The number of rotatable bonds is 3. The molecule has 0 saturated carbocycles. The van der Waals surface area contributed by atoms with Crippen LogP contribution in [0.25, 0.3) is 5.69 Å². The van der Waals surface area contributed by atoms with E-state index in [-0.39, 0.29) is 6.42 Å². The van der Waals surface area contributed by atoms with E-state index in [4.69, 9.17) is 5.11 Å². The fourth-order valence-electron chi connectivity index (χ4n) is 2.13. The second-order valence-corrected chi connectivity index (χ2v) is 4.43. The quantitative estimate of drug-likeness (QED) is 0.924. The number of benzene rings is 1. The van der Waals surface area contributed by atoms with E-state index >= 15 is 0 Å². The Morgan fingerprint density at radius 1 is 1.40 bits per heavy atom. The summed E-state index contributed by atoms with van der Waals surface area (Å²) in [6.07, 6.45) is -0.236. The van der Waals surface area contributed by atoms with Crippen molar-refractivity contribution in [3.8, 4) is 5.69 Å². The van der Waals surface area contributed by atoms with Crippen LogP contribution in [0, 0.1) is 19.7 Å². The molecule has 0 bridgehead atoms. The molecule has 0 aliphatic carbocycles. The monoisotopic (exact) mass is 276 g/mol. The lowest BCUT2D eigenvalue weighted by atomic mass is 10.1. The van der Waals surface area contributed by atoms with E-state index in [9.17, 15) is 14.0 Å². The van der Waals surface area contributed by atoms with Crippen LogP contribution in [-0.4, -0.2) is 20.6 Å². The molecule has 0 aliphatic rings. The molecular weight excluding hydrogens is 263 g/mol. The highest BCUT2D eigenvalue weighted by Crippen LogP contribution is 2.15. The van der Waals surface area contributed by atoms with Crippen molar-refractivity contribution in [2.45, 2.75) is 20.3 Å². The topological polar surface area (TPSA) is 72.2 Å². The van der Waals surface area contributed by atoms with Crippen molar-refractivity contribution in [1.29, 1.82) is 0 Å². The maximum Gasteiger partial charge on any atom is 0.352 e. The molecule has 5 nitrogen and oxygen atoms in total. The Balaban J connectivity index is 2.70. The van der Waals surface area contributed by atoms with Crippen LogP contribution >= 0.6 is 0 Å². The maximum atomic E-state index is 13.3. The average molecular weight is 276 g/mol. The normalized spacial score (nSPS) is 10.6. The summed E-state index contributed by atoms with van der Waals surface area (Å²) < 4.78 is 14.5. The first-order chi connectivity index (χ1) is 9.40. The van der Waals surface area contributed by atoms with Gasteiger partial charge < -0.3 is 5.11 Å². The number of nitrogens with zero attached hydrogens (tertiary/aromatic N) is 2. The Hall–Kier alpha value is -2.50. The first-order valence-corrected chi connectivity index (χ1v) is 5.97. The van der Waals surface area contributed by atoms with Crippen molar-refractivity contribution < 1.29 is 14.3 Å². The SMILES string of the molecule is Cc1nc(=O)n(-c2cccc(F)c2)c(C)c1CC(=O)O. The minimum atomic E-state index is -1.01. The van der Waals surface area contributed by atoms with Gasteiger partial charge in [0.1, 0.15) is 5.82 Å². The van der Waals surface area contributed by atoms with Crippen LogP contribution in [0.4, 0.5) is 4.39 Å². The van der Waals surface area contributed by atoms with Gasteiger partial charge in [0.25, 0.3) is 0 Å². The third kappa shape index (κ3) is 2.59. The molecule has 0 spiro atoms. The third-order valence-electron chi connectivity index (χ3n) is 3.06. The lowest BCUT2D eigenvalue weighted by Gasteiger charge is -2.14. The third-order valence-corrected chi connectivity index (χ3v) is 3.06. The van der Waals surface area contributed by atoms with Gasteiger partial charge in [-0.3, -0.25) is 9.36 Å². The van der Waals surface area contributed by atoms with Crippen LogP contribution in [0.5, 0.6) is 0 Å². The molecule has 0 atom stereocenters. The number of aliphatic carboxylic acids is 1. The molecule has 2 aromatic rings. The van der Waals surface area contributed by atoms with Crippen LogP contribution in [0.1, 0.15) is 17.0 Å². The summed E-state index contributed by atoms with van der Waals surface area (Å²) in [6.45, 7) is 3.21. The Labute approximate surface area is 114 Å². The van der Waals surface area contributed by atoms with Crippen molar-refractivity contribution in [3.63, 3.8) is 0 Å². The molecule has 0 radical (unpaired) electrons. The van der Waals surface area contributed by atoms with Crippen molar-refractivity contribution in [1.82, 2.24) is 9.55 Å². The molecule has 1 aromatic heterocycles. The Morgan fingerprint density at radius 2 is 2.10 bits per heavy atom. The summed E-state index contributed by atoms with van der Waals surface area (Å²) in [7, 11) is 0. The van der Waals surface area contributed by atoms with E-state index in [2.05, 4.69) is 4.98 Å². The van der Waals surface area contributed by atoms with E-state index in [1.807, 2.05) is 0 Å². The summed E-state index contributed by atoms with van der Waals surface area (Å²) >= 11 is 0. The zero-order valence-electron chi connectivity index (χ0n) is 11.1. The van der Waals surface area contributed by atoms with Crippen molar-refractivity contribution >= 4 is 5.97 Å². The molecule has 104 valence electrons. The van der Waals surface area contributed by atoms with Crippen molar-refractivity contribution in [2.24, 2.45) is 0 Å². The van der Waals surface area contributed by atoms with Gasteiger partial charge in [0.2, 0.25) is 0 Å². The number of carbonyl (C=O) groups is 1. The smallest absolute Gasteiger partial charge is 0.352 e. The maximum absolute atomic E-state index is 13.3. The number of hydrogen-bond donors (Lipinski definition) is 1. The van der Waals surface area contributed by atoms with Crippen LogP contribution < -0.4 is 5.69 Å². The van der Waals surface area contributed by atoms with Crippen LogP contribution in [0.3, 0.4) is 0 Å². The van der Waals surface area contributed by atoms with Gasteiger partial charge in [0, 0.05) is 17.0 Å². The minimum Gasteiger partial charge on any atom is -0.481 e. The molecule has 0 aliphatic heterocycles. The molecule has 1 aromatic carbocycles. The van der Waals surface area contributed by atoms with Gasteiger partial charge in [-0.25, -0.2) is 9.18 Å². The Bertz CT molecular complexity index is 738. The molecular formula is C14H13FN2O3. The Morgan fingerprint density at radius 3 is 2.70 bits per heavy atom. The van der Waals surface area contributed by atoms with Crippen molar-refractivity contribution in [2.75, 3.05) is 0 Å². The van der Waals surface area contributed by atoms with Gasteiger partial charge in [-0.05, 0) is 32.0 Å². The van der Waals surface area contributed by atoms with E-state index in [0.717, 1.165) is 0 Å². The number of aryl methyl sites for hydroxylation is 1. The fraction of sp³-hybridized carbons (Fsp3) is 0.214. The van der Waals surface area contributed by atoms with Crippen LogP contribution in [-0.2, 0) is 11.2 Å². The summed E-state index contributed by atoms with van der Waals surface area (Å²) in [5, 5.41) is 8.92. The molecule has 0 saturated heterocycles. The molecule has 0 fully saturated rings. The highest BCUT2D eigenvalue weighted by Gasteiger charge is 2.15. The molecule has 0 amide bonds. The predicted octanol–water partition coefficient (Wildman–Crippen LogP) is 1.62. The van der Waals surface area contributed by atoms with Gasteiger partial charge in [-0.1, -0.05) is 6.07 Å². The van der Waals surface area contributed by atoms with E-state index in [0.29, 0.717) is 22.6 Å². The largest absolute Gasteiger partial charge is 0.481 e. The van der Waals surface area contributed by atoms with Gasteiger partial charge in [0.15, 0.2) is 0 Å². The number of carboxylic acids is 1. The van der Waals surface area contributed by atoms with Crippen molar-refractivity contribution in [3.05, 3.63) is 57.5 Å². The van der Waals surface area contributed by atoms with E-state index < -0.39 is 17.5 Å². The van der Waals surface area contributed by atoms with Gasteiger partial charge in [-0.15, -0.1) is 0 Å². The highest BCUT2D eigenvalue weighted by atomic mass is 19.1. The first-order valence-electron chi connectivity index (χ1n) is 5.97. The molecule has 20 heavy (non-hydrogen) atoms. The highest BCUT2D eigenvalue weighted by molar-refractivity contribution is 5.71. The number of halogens is 1. The molecule has 1 heterocycles. The summed E-state index contributed by atoms with van der Waals surface area (Å²) in [5.74, 6) is -1.49. The second kappa shape index (κ2) is 5.24. The first kappa shape index (κ1) is 13.9. The van der Waals surface area contributed by atoms with E-state index in [1.165, 1.54) is 22.8 Å². The Kier molecular flexibility index (Phi) is 3.65. The second-order valence-electron chi connectivity index (χ2n) is 4.43. The lowest BCUT2D eigenvalue weighted by Crippen LogP contribution is -2.27. The fourth-order valence-corrected chi connectivity index (χ4v) is 2.13. The lowest BCUT2D eigenvalue weighted by molar-refractivity contribution is -0.136. The summed E-state index contributed by atoms with van der Waals surface area (Å²) in [6, 6.07) is 5.52. The standard InChI is InChI=1S/C14H13FN2O3/c1-8-12(7-13(18)19)9(2)17(14(20)16-8)11-5-3-4-10(15)6-11/h3-6H,7H2,1-2H3,(H,18,19). The van der Waals surface area contributed by atoms with Gasteiger partial charge >= 0.3 is 11.7 Å². The summed E-state index contributed by atoms with van der Waals surface area (Å²) in [5.41, 5.74) is 1.06. The molecule has 0 unspecified atom stereocenters. The molecule has 1 N–H and O–H groups in total. The number of hydrogen-bond acceptors (Lipinski definition) is 3. The summed E-state index contributed by atoms with van der Waals surface area (Å²) in [4.78, 5) is 26.7.